The number of aryl methyl sites for hydroxylation is 1. The lowest BCUT2D eigenvalue weighted by molar-refractivity contribution is 0.356. The molecule has 0 saturated heterocycles. The Morgan fingerprint density at radius 1 is 1.25 bits per heavy atom. The number of hydrogen-bond donors (Lipinski definition) is 1. The van der Waals surface area contributed by atoms with Crippen LogP contribution in [-0.2, 0) is 13.0 Å². The molecule has 0 spiro atoms. The largest absolute Gasteiger partial charge is 0.493 e. The van der Waals surface area contributed by atoms with Crippen molar-refractivity contribution in [2.75, 3.05) is 21.3 Å². The highest BCUT2D eigenvalue weighted by Crippen LogP contribution is 2.40. The Hall–Kier alpha value is -1.59. The summed E-state index contributed by atoms with van der Waals surface area (Å²) in [5, 5.41) is 4.16. The van der Waals surface area contributed by atoms with Gasteiger partial charge < -0.3 is 14.8 Å². The Labute approximate surface area is 123 Å². The number of nitrogens with one attached hydrogen (secondary N) is 1. The van der Waals surface area contributed by atoms with E-state index in [1.807, 2.05) is 25.2 Å². The quantitative estimate of drug-likeness (QED) is 0.888. The first-order valence-corrected chi connectivity index (χ1v) is 7.41. The van der Waals surface area contributed by atoms with Gasteiger partial charge in [0.1, 0.15) is 5.01 Å². The number of methoxy groups -OCH3 is 2. The average molecular weight is 292 g/mol. The van der Waals surface area contributed by atoms with E-state index in [9.17, 15) is 0 Å². The molecule has 4 nitrogen and oxygen atoms in total. The maximum absolute atomic E-state index is 5.49. The van der Waals surface area contributed by atoms with E-state index < -0.39 is 0 Å². The minimum absolute atomic E-state index is 0.730. The summed E-state index contributed by atoms with van der Waals surface area (Å²) in [6.45, 7) is 2.97. The predicted octanol–water partition coefficient (Wildman–Crippen LogP) is 3.11. The number of ether oxygens (including phenoxy) is 2. The summed E-state index contributed by atoms with van der Waals surface area (Å²) < 4.78 is 10.8. The second-order valence-corrected chi connectivity index (χ2v) is 5.40. The van der Waals surface area contributed by atoms with E-state index in [-0.39, 0.29) is 0 Å². The maximum atomic E-state index is 5.49. The van der Waals surface area contributed by atoms with Gasteiger partial charge in [0.2, 0.25) is 0 Å². The Bertz CT molecular complexity index is 581. The molecular weight excluding hydrogens is 272 g/mol. The summed E-state index contributed by atoms with van der Waals surface area (Å²) in [5.41, 5.74) is 2.12. The van der Waals surface area contributed by atoms with Crippen molar-refractivity contribution in [2.24, 2.45) is 0 Å². The molecule has 2 aromatic rings. The summed E-state index contributed by atoms with van der Waals surface area (Å²) in [4.78, 5) is 6.02. The van der Waals surface area contributed by atoms with Gasteiger partial charge >= 0.3 is 0 Å². The van der Waals surface area contributed by atoms with Gasteiger partial charge in [-0.2, -0.15) is 0 Å². The summed E-state index contributed by atoms with van der Waals surface area (Å²) in [5.74, 6) is 1.47. The number of nitrogens with zero attached hydrogens (tertiary/aromatic N) is 1. The first kappa shape index (κ1) is 14.8. The smallest absolute Gasteiger partial charge is 0.170 e. The molecule has 20 heavy (non-hydrogen) atoms. The van der Waals surface area contributed by atoms with Crippen LogP contribution in [0.5, 0.6) is 11.5 Å². The molecule has 0 bridgehead atoms. The van der Waals surface area contributed by atoms with Crippen LogP contribution >= 0.6 is 11.3 Å². The van der Waals surface area contributed by atoms with Crippen LogP contribution in [0.3, 0.4) is 0 Å². The summed E-state index contributed by atoms with van der Waals surface area (Å²) in [6, 6.07) is 5.87. The minimum atomic E-state index is 0.730. The number of thiazole rings is 1. The third-order valence-corrected chi connectivity index (χ3v) is 4.21. The SMILES string of the molecule is CCc1nc(-c2cccc(OC)c2OC)sc1CNC. The van der Waals surface area contributed by atoms with Crippen LogP contribution in [0.2, 0.25) is 0 Å². The molecule has 2 rings (SSSR count). The molecule has 1 aromatic heterocycles. The van der Waals surface area contributed by atoms with Crippen molar-refractivity contribution in [3.8, 4) is 22.1 Å². The van der Waals surface area contributed by atoms with Crippen LogP contribution in [0.4, 0.5) is 0 Å². The number of aromatic nitrogens is 1. The van der Waals surface area contributed by atoms with Crippen molar-refractivity contribution >= 4 is 11.3 Å². The molecule has 0 radical (unpaired) electrons. The second-order valence-electron chi connectivity index (χ2n) is 4.31. The highest BCUT2D eigenvalue weighted by molar-refractivity contribution is 7.15. The standard InChI is InChI=1S/C15H20N2O2S/c1-5-11-13(9-16-2)20-15(17-11)10-7-6-8-12(18-3)14(10)19-4/h6-8,16H,5,9H2,1-4H3. The van der Waals surface area contributed by atoms with Gasteiger partial charge in [-0.15, -0.1) is 11.3 Å². The third kappa shape index (κ3) is 2.78. The van der Waals surface area contributed by atoms with E-state index in [1.54, 1.807) is 25.6 Å². The van der Waals surface area contributed by atoms with Crippen molar-refractivity contribution in [1.82, 2.24) is 10.3 Å². The van der Waals surface area contributed by atoms with Crippen LogP contribution in [0, 0.1) is 0 Å². The molecule has 0 fully saturated rings. The Morgan fingerprint density at radius 3 is 2.65 bits per heavy atom. The fourth-order valence-electron chi connectivity index (χ4n) is 2.13. The van der Waals surface area contributed by atoms with Gasteiger partial charge in [-0.3, -0.25) is 0 Å². The highest BCUT2D eigenvalue weighted by Gasteiger charge is 2.16. The fraction of sp³-hybridized carbons (Fsp3) is 0.400. The zero-order chi connectivity index (χ0) is 14.5. The molecule has 1 heterocycles. The van der Waals surface area contributed by atoms with Crippen LogP contribution in [0.25, 0.3) is 10.6 Å². The fourth-order valence-corrected chi connectivity index (χ4v) is 3.31. The molecule has 1 aromatic carbocycles. The molecule has 108 valence electrons. The molecule has 0 atom stereocenters. The molecule has 0 amide bonds. The number of benzene rings is 1. The number of hydrogen-bond acceptors (Lipinski definition) is 5. The highest BCUT2D eigenvalue weighted by atomic mass is 32.1. The lowest BCUT2D eigenvalue weighted by Gasteiger charge is -2.10. The Morgan fingerprint density at radius 2 is 2.05 bits per heavy atom. The first-order valence-electron chi connectivity index (χ1n) is 6.59. The predicted molar refractivity (Wildman–Crippen MR) is 82.8 cm³/mol. The minimum Gasteiger partial charge on any atom is -0.493 e. The van der Waals surface area contributed by atoms with Gasteiger partial charge in [-0.1, -0.05) is 13.0 Å². The van der Waals surface area contributed by atoms with Gasteiger partial charge in [-0.05, 0) is 25.6 Å². The summed E-state index contributed by atoms with van der Waals surface area (Å²) in [6.07, 6.45) is 0.930. The van der Waals surface area contributed by atoms with Gasteiger partial charge in [0, 0.05) is 11.4 Å². The van der Waals surface area contributed by atoms with E-state index in [2.05, 4.69) is 12.2 Å². The topological polar surface area (TPSA) is 43.4 Å². The summed E-state index contributed by atoms with van der Waals surface area (Å²) in [7, 11) is 5.25. The normalized spacial score (nSPS) is 10.6. The zero-order valence-corrected chi connectivity index (χ0v) is 13.1. The third-order valence-electron chi connectivity index (χ3n) is 3.08. The van der Waals surface area contributed by atoms with Crippen molar-refractivity contribution < 1.29 is 9.47 Å². The van der Waals surface area contributed by atoms with E-state index in [4.69, 9.17) is 14.5 Å². The van der Waals surface area contributed by atoms with E-state index in [0.29, 0.717) is 0 Å². The molecular formula is C15H20N2O2S. The molecule has 0 aliphatic heterocycles. The van der Waals surface area contributed by atoms with E-state index in [0.717, 1.165) is 40.7 Å². The zero-order valence-electron chi connectivity index (χ0n) is 12.3. The summed E-state index contributed by atoms with van der Waals surface area (Å²) >= 11 is 1.70. The number of para-hydroxylation sites is 1. The lowest BCUT2D eigenvalue weighted by atomic mass is 10.2. The molecule has 1 N–H and O–H groups in total. The van der Waals surface area contributed by atoms with Gasteiger partial charge in [0.05, 0.1) is 25.5 Å². The van der Waals surface area contributed by atoms with Crippen LogP contribution in [-0.4, -0.2) is 26.3 Å². The maximum Gasteiger partial charge on any atom is 0.170 e. The monoisotopic (exact) mass is 292 g/mol. The van der Waals surface area contributed by atoms with Crippen molar-refractivity contribution in [3.05, 3.63) is 28.8 Å². The molecule has 0 saturated carbocycles. The van der Waals surface area contributed by atoms with Crippen LogP contribution in [0.1, 0.15) is 17.5 Å². The molecule has 5 heteroatoms. The van der Waals surface area contributed by atoms with Crippen molar-refractivity contribution in [3.63, 3.8) is 0 Å². The van der Waals surface area contributed by atoms with Gasteiger partial charge in [0.15, 0.2) is 11.5 Å². The second kappa shape index (κ2) is 6.72. The molecule has 0 aliphatic carbocycles. The molecule has 0 unspecified atom stereocenters. The van der Waals surface area contributed by atoms with Gasteiger partial charge in [-0.25, -0.2) is 4.98 Å². The van der Waals surface area contributed by atoms with E-state index in [1.165, 1.54) is 4.88 Å². The molecule has 0 aliphatic rings. The first-order chi connectivity index (χ1) is 9.74. The lowest BCUT2D eigenvalue weighted by Crippen LogP contribution is -2.05. The average Bonchev–Trinajstić information content (AvgIpc) is 2.89. The van der Waals surface area contributed by atoms with Gasteiger partial charge in [0.25, 0.3) is 0 Å². The van der Waals surface area contributed by atoms with Crippen molar-refractivity contribution in [2.45, 2.75) is 19.9 Å². The number of rotatable bonds is 6. The van der Waals surface area contributed by atoms with Crippen LogP contribution < -0.4 is 14.8 Å². The van der Waals surface area contributed by atoms with Crippen molar-refractivity contribution in [1.29, 1.82) is 0 Å². The Balaban J connectivity index is 2.51. The van der Waals surface area contributed by atoms with Crippen LogP contribution in [0.15, 0.2) is 18.2 Å². The Kier molecular flexibility index (Phi) is 4.98. The van der Waals surface area contributed by atoms with E-state index >= 15 is 0 Å².